The lowest BCUT2D eigenvalue weighted by molar-refractivity contribution is 0.445. The SMILES string of the molecule is Cc1cccc2nc(CCCl)n(C(C)CCCC(C)C)c12. The van der Waals surface area contributed by atoms with Crippen molar-refractivity contribution < 1.29 is 0 Å². The first-order valence-electron chi connectivity index (χ1n) is 8.07. The summed E-state index contributed by atoms with van der Waals surface area (Å²) in [6.07, 6.45) is 4.60. The Morgan fingerprint density at radius 3 is 2.62 bits per heavy atom. The molecule has 0 N–H and O–H groups in total. The maximum atomic E-state index is 5.97. The minimum Gasteiger partial charge on any atom is -0.325 e. The van der Waals surface area contributed by atoms with Crippen LogP contribution in [-0.4, -0.2) is 15.4 Å². The van der Waals surface area contributed by atoms with E-state index in [-0.39, 0.29) is 0 Å². The molecule has 0 bridgehead atoms. The fourth-order valence-electron chi connectivity index (χ4n) is 3.06. The van der Waals surface area contributed by atoms with Gasteiger partial charge in [0.05, 0.1) is 11.0 Å². The number of fused-ring (bicyclic) bond motifs is 1. The molecule has 1 atom stereocenters. The van der Waals surface area contributed by atoms with Gasteiger partial charge in [0.25, 0.3) is 0 Å². The molecule has 0 aliphatic rings. The highest BCUT2D eigenvalue weighted by Gasteiger charge is 2.16. The molecule has 0 radical (unpaired) electrons. The summed E-state index contributed by atoms with van der Waals surface area (Å²) in [4.78, 5) is 4.81. The number of nitrogens with zero attached hydrogens (tertiary/aromatic N) is 2. The van der Waals surface area contributed by atoms with Crippen molar-refractivity contribution in [1.29, 1.82) is 0 Å². The quantitative estimate of drug-likeness (QED) is 0.616. The summed E-state index contributed by atoms with van der Waals surface area (Å²) in [5, 5.41) is 0. The van der Waals surface area contributed by atoms with Gasteiger partial charge in [-0.1, -0.05) is 38.8 Å². The average Bonchev–Trinajstić information content (AvgIpc) is 2.78. The number of aromatic nitrogens is 2. The first-order valence-corrected chi connectivity index (χ1v) is 8.60. The molecule has 0 aliphatic heterocycles. The zero-order valence-electron chi connectivity index (χ0n) is 13.7. The van der Waals surface area contributed by atoms with E-state index in [0.29, 0.717) is 11.9 Å². The van der Waals surface area contributed by atoms with Gasteiger partial charge in [-0.2, -0.15) is 0 Å². The van der Waals surface area contributed by atoms with E-state index in [0.717, 1.165) is 23.7 Å². The summed E-state index contributed by atoms with van der Waals surface area (Å²) in [6, 6.07) is 6.85. The molecule has 1 aromatic heterocycles. The second-order valence-corrected chi connectivity index (χ2v) is 6.83. The zero-order valence-corrected chi connectivity index (χ0v) is 14.5. The van der Waals surface area contributed by atoms with Crippen LogP contribution in [0.25, 0.3) is 11.0 Å². The highest BCUT2D eigenvalue weighted by molar-refractivity contribution is 6.17. The Bertz CT molecular complexity index is 586. The van der Waals surface area contributed by atoms with E-state index in [1.54, 1.807) is 0 Å². The number of alkyl halides is 1. The summed E-state index contributed by atoms with van der Waals surface area (Å²) in [7, 11) is 0. The van der Waals surface area contributed by atoms with Crippen LogP contribution in [0.2, 0.25) is 0 Å². The van der Waals surface area contributed by atoms with Crippen LogP contribution in [0.15, 0.2) is 18.2 Å². The van der Waals surface area contributed by atoms with Gasteiger partial charge in [0.1, 0.15) is 5.82 Å². The largest absolute Gasteiger partial charge is 0.325 e. The summed E-state index contributed by atoms with van der Waals surface area (Å²) >= 11 is 5.97. The van der Waals surface area contributed by atoms with Gasteiger partial charge in [0.2, 0.25) is 0 Å². The second-order valence-electron chi connectivity index (χ2n) is 6.45. The molecule has 0 aliphatic carbocycles. The molecule has 2 aromatic rings. The number of aryl methyl sites for hydroxylation is 2. The first kappa shape index (κ1) is 16.4. The molecule has 0 saturated heterocycles. The minimum atomic E-state index is 0.480. The lowest BCUT2D eigenvalue weighted by Gasteiger charge is -2.19. The number of hydrogen-bond acceptors (Lipinski definition) is 1. The number of halogens is 1. The molecule has 0 fully saturated rings. The van der Waals surface area contributed by atoms with E-state index < -0.39 is 0 Å². The molecule has 0 saturated carbocycles. The van der Waals surface area contributed by atoms with E-state index in [2.05, 4.69) is 50.5 Å². The summed E-state index contributed by atoms with van der Waals surface area (Å²) in [6.45, 7) is 9.07. The number of imidazole rings is 1. The topological polar surface area (TPSA) is 17.8 Å². The van der Waals surface area contributed by atoms with E-state index in [4.69, 9.17) is 16.6 Å². The summed E-state index contributed by atoms with van der Waals surface area (Å²) in [5.41, 5.74) is 3.69. The predicted molar refractivity (Wildman–Crippen MR) is 92.3 cm³/mol. The standard InChI is InChI=1S/C18H27ClN2/c1-13(2)7-5-9-15(4)21-17(11-12-19)20-16-10-6-8-14(3)18(16)21/h6,8,10,13,15H,5,7,9,11-12H2,1-4H3. The van der Waals surface area contributed by atoms with Crippen molar-refractivity contribution in [1.82, 2.24) is 9.55 Å². The molecule has 116 valence electrons. The molecular formula is C18H27ClN2. The fraction of sp³-hybridized carbons (Fsp3) is 0.611. The van der Waals surface area contributed by atoms with Gasteiger partial charge in [-0.15, -0.1) is 11.6 Å². The Kier molecular flexibility index (Phi) is 5.69. The van der Waals surface area contributed by atoms with Gasteiger partial charge in [-0.3, -0.25) is 0 Å². The van der Waals surface area contributed by atoms with Crippen LogP contribution in [0.1, 0.15) is 57.5 Å². The molecule has 2 rings (SSSR count). The second kappa shape index (κ2) is 7.31. The van der Waals surface area contributed by atoms with Crippen molar-refractivity contribution in [2.45, 2.75) is 59.4 Å². The minimum absolute atomic E-state index is 0.480. The van der Waals surface area contributed by atoms with Gasteiger partial charge < -0.3 is 4.57 Å². The Morgan fingerprint density at radius 1 is 1.19 bits per heavy atom. The van der Waals surface area contributed by atoms with E-state index in [1.807, 2.05) is 0 Å². The molecule has 1 unspecified atom stereocenters. The smallest absolute Gasteiger partial charge is 0.111 e. The Balaban J connectivity index is 2.32. The predicted octanol–water partition coefficient (Wildman–Crippen LogP) is 5.51. The van der Waals surface area contributed by atoms with Crippen LogP contribution in [0.3, 0.4) is 0 Å². The lowest BCUT2D eigenvalue weighted by Crippen LogP contribution is -2.11. The van der Waals surface area contributed by atoms with Crippen molar-refractivity contribution in [3.63, 3.8) is 0 Å². The molecule has 3 heteroatoms. The molecule has 1 aromatic carbocycles. The highest BCUT2D eigenvalue weighted by atomic mass is 35.5. The third kappa shape index (κ3) is 3.79. The zero-order chi connectivity index (χ0) is 15.4. The van der Waals surface area contributed by atoms with Crippen molar-refractivity contribution >= 4 is 22.6 Å². The average molecular weight is 307 g/mol. The summed E-state index contributed by atoms with van der Waals surface area (Å²) < 4.78 is 2.42. The van der Waals surface area contributed by atoms with E-state index in [1.165, 1.54) is 30.3 Å². The molecule has 0 amide bonds. The van der Waals surface area contributed by atoms with E-state index in [9.17, 15) is 0 Å². The third-order valence-electron chi connectivity index (χ3n) is 4.15. The molecule has 21 heavy (non-hydrogen) atoms. The van der Waals surface area contributed by atoms with E-state index >= 15 is 0 Å². The molecule has 2 nitrogen and oxygen atoms in total. The lowest BCUT2D eigenvalue weighted by atomic mass is 10.0. The number of para-hydroxylation sites is 1. The highest BCUT2D eigenvalue weighted by Crippen LogP contribution is 2.27. The van der Waals surface area contributed by atoms with Gasteiger partial charge in [-0.25, -0.2) is 4.98 Å². The maximum Gasteiger partial charge on any atom is 0.111 e. The van der Waals surface area contributed by atoms with Crippen molar-refractivity contribution in [3.8, 4) is 0 Å². The van der Waals surface area contributed by atoms with Gasteiger partial charge in [0, 0.05) is 18.3 Å². The Labute approximate surface area is 133 Å². The monoisotopic (exact) mass is 306 g/mol. The Hall–Kier alpha value is -1.02. The van der Waals surface area contributed by atoms with Crippen molar-refractivity contribution in [3.05, 3.63) is 29.6 Å². The van der Waals surface area contributed by atoms with Crippen molar-refractivity contribution in [2.24, 2.45) is 5.92 Å². The first-order chi connectivity index (χ1) is 10.0. The van der Waals surface area contributed by atoms with Gasteiger partial charge >= 0.3 is 0 Å². The number of benzene rings is 1. The maximum absolute atomic E-state index is 5.97. The van der Waals surface area contributed by atoms with Crippen LogP contribution in [-0.2, 0) is 6.42 Å². The van der Waals surface area contributed by atoms with Crippen LogP contribution >= 0.6 is 11.6 Å². The van der Waals surface area contributed by atoms with Crippen LogP contribution in [0, 0.1) is 12.8 Å². The molecule has 1 heterocycles. The van der Waals surface area contributed by atoms with Crippen LogP contribution in [0.4, 0.5) is 0 Å². The number of hydrogen-bond donors (Lipinski definition) is 0. The molecular weight excluding hydrogens is 280 g/mol. The van der Waals surface area contributed by atoms with Crippen molar-refractivity contribution in [2.75, 3.05) is 5.88 Å². The summed E-state index contributed by atoms with van der Waals surface area (Å²) in [5.74, 6) is 2.54. The fourth-order valence-corrected chi connectivity index (χ4v) is 3.22. The molecule has 0 spiro atoms. The van der Waals surface area contributed by atoms with Gasteiger partial charge in [0.15, 0.2) is 0 Å². The van der Waals surface area contributed by atoms with Crippen LogP contribution in [0.5, 0.6) is 0 Å². The van der Waals surface area contributed by atoms with Gasteiger partial charge in [-0.05, 0) is 37.8 Å². The normalized spacial score (nSPS) is 13.2. The third-order valence-corrected chi connectivity index (χ3v) is 4.34. The van der Waals surface area contributed by atoms with Crippen LogP contribution < -0.4 is 0 Å². The Morgan fingerprint density at radius 2 is 1.95 bits per heavy atom. The number of rotatable bonds is 7.